The first-order valence-electron chi connectivity index (χ1n) is 5.92. The van der Waals surface area contributed by atoms with Crippen molar-refractivity contribution in [2.24, 2.45) is 7.05 Å². The Hall–Kier alpha value is -1.32. The molecule has 0 aliphatic rings. The summed E-state index contributed by atoms with van der Waals surface area (Å²) in [5.41, 5.74) is 3.72. The Labute approximate surface area is 112 Å². The molecule has 2 rings (SSSR count). The highest BCUT2D eigenvalue weighted by Crippen LogP contribution is 2.27. The van der Waals surface area contributed by atoms with Gasteiger partial charge in [0.1, 0.15) is 0 Å². The van der Waals surface area contributed by atoms with Crippen LogP contribution in [0.2, 0.25) is 5.02 Å². The summed E-state index contributed by atoms with van der Waals surface area (Å²) in [5, 5.41) is 15.4. The zero-order chi connectivity index (χ0) is 13.3. The lowest BCUT2D eigenvalue weighted by Crippen LogP contribution is -2.05. The number of aromatic nitrogens is 2. The number of benzene rings is 1. The van der Waals surface area contributed by atoms with Crippen LogP contribution in [0.25, 0.3) is 0 Å². The Kier molecular flexibility index (Phi) is 3.73. The van der Waals surface area contributed by atoms with Gasteiger partial charge in [0.25, 0.3) is 0 Å². The first-order chi connectivity index (χ1) is 8.50. The normalized spacial score (nSPS) is 12.7. The van der Waals surface area contributed by atoms with Gasteiger partial charge in [-0.05, 0) is 25.5 Å². The summed E-state index contributed by atoms with van der Waals surface area (Å²) in [7, 11) is 1.88. The fraction of sp³-hybridized carbons (Fsp3) is 0.357. The Morgan fingerprint density at radius 2 is 2.00 bits per heavy atom. The van der Waals surface area contributed by atoms with Crippen molar-refractivity contribution in [3.8, 4) is 0 Å². The van der Waals surface area contributed by atoms with Crippen molar-refractivity contribution in [1.82, 2.24) is 9.78 Å². The van der Waals surface area contributed by atoms with Crippen molar-refractivity contribution in [3.05, 3.63) is 51.8 Å². The molecule has 18 heavy (non-hydrogen) atoms. The molecule has 1 heterocycles. The van der Waals surface area contributed by atoms with Gasteiger partial charge in [0.15, 0.2) is 0 Å². The molecule has 1 atom stereocenters. The molecule has 0 spiro atoms. The smallest absolute Gasteiger partial charge is 0.0866 e. The highest BCUT2D eigenvalue weighted by Gasteiger charge is 2.18. The largest absolute Gasteiger partial charge is 0.388 e. The van der Waals surface area contributed by atoms with Gasteiger partial charge < -0.3 is 5.11 Å². The van der Waals surface area contributed by atoms with Gasteiger partial charge in [0.05, 0.1) is 11.8 Å². The molecule has 4 heteroatoms. The maximum atomic E-state index is 10.4. The van der Waals surface area contributed by atoms with E-state index >= 15 is 0 Å². The van der Waals surface area contributed by atoms with Crippen LogP contribution in [0.1, 0.15) is 28.6 Å². The molecular weight excluding hydrogens is 248 g/mol. The standard InChI is InChI=1S/C14H17ClN2O/c1-9-14(10(2)17(3)16-9)13(18)8-11-6-4-5-7-12(11)15/h4-7,13,18H,8H2,1-3H3. The molecule has 1 N–H and O–H groups in total. The molecule has 0 fully saturated rings. The van der Waals surface area contributed by atoms with E-state index in [4.69, 9.17) is 11.6 Å². The molecule has 0 saturated heterocycles. The molecule has 3 nitrogen and oxygen atoms in total. The predicted molar refractivity (Wildman–Crippen MR) is 72.8 cm³/mol. The second-order valence-corrected chi connectivity index (χ2v) is 4.93. The van der Waals surface area contributed by atoms with Gasteiger partial charge in [0, 0.05) is 29.7 Å². The Balaban J connectivity index is 2.28. The van der Waals surface area contributed by atoms with E-state index in [2.05, 4.69) is 5.10 Å². The van der Waals surface area contributed by atoms with Crippen LogP contribution in [0.3, 0.4) is 0 Å². The van der Waals surface area contributed by atoms with Crippen molar-refractivity contribution in [3.63, 3.8) is 0 Å². The van der Waals surface area contributed by atoms with Crippen LogP contribution in [0.15, 0.2) is 24.3 Å². The molecule has 96 valence electrons. The van der Waals surface area contributed by atoms with Crippen LogP contribution in [0.4, 0.5) is 0 Å². The monoisotopic (exact) mass is 264 g/mol. The molecule has 0 bridgehead atoms. The topological polar surface area (TPSA) is 38.0 Å². The molecule has 0 radical (unpaired) electrons. The van der Waals surface area contributed by atoms with Gasteiger partial charge in [0.2, 0.25) is 0 Å². The fourth-order valence-electron chi connectivity index (χ4n) is 2.25. The summed E-state index contributed by atoms with van der Waals surface area (Å²) in [4.78, 5) is 0. The minimum atomic E-state index is -0.571. The van der Waals surface area contributed by atoms with Gasteiger partial charge in [-0.3, -0.25) is 4.68 Å². The number of aliphatic hydroxyl groups is 1. The Bertz CT molecular complexity index is 563. The molecule has 0 aliphatic carbocycles. The maximum Gasteiger partial charge on any atom is 0.0866 e. The van der Waals surface area contributed by atoms with Crippen LogP contribution in [-0.4, -0.2) is 14.9 Å². The third kappa shape index (κ3) is 2.42. The third-order valence-corrected chi connectivity index (χ3v) is 3.64. The Morgan fingerprint density at radius 1 is 1.33 bits per heavy atom. The summed E-state index contributed by atoms with van der Waals surface area (Å²) < 4.78 is 1.79. The first kappa shape index (κ1) is 13.1. The summed E-state index contributed by atoms with van der Waals surface area (Å²) in [6, 6.07) is 7.59. The minimum absolute atomic E-state index is 0.507. The van der Waals surface area contributed by atoms with E-state index in [0.29, 0.717) is 11.4 Å². The van der Waals surface area contributed by atoms with Gasteiger partial charge in [-0.15, -0.1) is 0 Å². The number of aryl methyl sites for hydroxylation is 2. The molecule has 0 amide bonds. The minimum Gasteiger partial charge on any atom is -0.388 e. The highest BCUT2D eigenvalue weighted by molar-refractivity contribution is 6.31. The van der Waals surface area contributed by atoms with Crippen LogP contribution in [-0.2, 0) is 13.5 Å². The molecule has 2 aromatic rings. The van der Waals surface area contributed by atoms with Crippen molar-refractivity contribution < 1.29 is 5.11 Å². The summed E-state index contributed by atoms with van der Waals surface area (Å²) in [6.07, 6.45) is -0.0638. The third-order valence-electron chi connectivity index (χ3n) is 3.27. The number of aliphatic hydroxyl groups excluding tert-OH is 1. The molecule has 1 aromatic heterocycles. The number of rotatable bonds is 3. The number of halogens is 1. The molecule has 1 unspecified atom stereocenters. The molecular formula is C14H17ClN2O. The lowest BCUT2D eigenvalue weighted by atomic mass is 10.00. The average Bonchev–Trinajstić information content (AvgIpc) is 2.56. The number of nitrogens with zero attached hydrogens (tertiary/aromatic N) is 2. The van der Waals surface area contributed by atoms with Crippen molar-refractivity contribution in [1.29, 1.82) is 0 Å². The van der Waals surface area contributed by atoms with Crippen molar-refractivity contribution in [2.75, 3.05) is 0 Å². The summed E-state index contributed by atoms with van der Waals surface area (Å²) in [6.45, 7) is 3.88. The molecule has 1 aromatic carbocycles. The van der Waals surface area contributed by atoms with E-state index < -0.39 is 6.10 Å². The van der Waals surface area contributed by atoms with Gasteiger partial charge in [-0.25, -0.2) is 0 Å². The quantitative estimate of drug-likeness (QED) is 0.926. The predicted octanol–water partition coefficient (Wildman–Crippen LogP) is 2.97. The van der Waals surface area contributed by atoms with E-state index in [0.717, 1.165) is 22.5 Å². The molecule has 0 saturated carbocycles. The highest BCUT2D eigenvalue weighted by atomic mass is 35.5. The van der Waals surface area contributed by atoms with Crippen LogP contribution < -0.4 is 0 Å². The van der Waals surface area contributed by atoms with Crippen LogP contribution in [0.5, 0.6) is 0 Å². The van der Waals surface area contributed by atoms with Crippen LogP contribution >= 0.6 is 11.6 Å². The van der Waals surface area contributed by atoms with Gasteiger partial charge >= 0.3 is 0 Å². The van der Waals surface area contributed by atoms with E-state index in [1.807, 2.05) is 45.2 Å². The number of hydrogen-bond acceptors (Lipinski definition) is 2. The summed E-state index contributed by atoms with van der Waals surface area (Å²) >= 11 is 6.11. The van der Waals surface area contributed by atoms with E-state index in [1.165, 1.54) is 0 Å². The zero-order valence-corrected chi connectivity index (χ0v) is 11.6. The molecule has 0 aliphatic heterocycles. The first-order valence-corrected chi connectivity index (χ1v) is 6.30. The van der Waals surface area contributed by atoms with E-state index in [1.54, 1.807) is 4.68 Å². The van der Waals surface area contributed by atoms with E-state index in [9.17, 15) is 5.11 Å². The lowest BCUT2D eigenvalue weighted by Gasteiger charge is -2.12. The maximum absolute atomic E-state index is 10.4. The van der Waals surface area contributed by atoms with E-state index in [-0.39, 0.29) is 0 Å². The Morgan fingerprint density at radius 3 is 2.56 bits per heavy atom. The SMILES string of the molecule is Cc1nn(C)c(C)c1C(O)Cc1ccccc1Cl. The average molecular weight is 265 g/mol. The number of hydrogen-bond donors (Lipinski definition) is 1. The summed E-state index contributed by atoms with van der Waals surface area (Å²) in [5.74, 6) is 0. The second kappa shape index (κ2) is 5.12. The lowest BCUT2D eigenvalue weighted by molar-refractivity contribution is 0.177. The van der Waals surface area contributed by atoms with Gasteiger partial charge in [-0.1, -0.05) is 29.8 Å². The zero-order valence-electron chi connectivity index (χ0n) is 10.8. The van der Waals surface area contributed by atoms with Crippen molar-refractivity contribution in [2.45, 2.75) is 26.4 Å². The van der Waals surface area contributed by atoms with Crippen LogP contribution in [0, 0.1) is 13.8 Å². The van der Waals surface area contributed by atoms with Crippen molar-refractivity contribution >= 4 is 11.6 Å². The second-order valence-electron chi connectivity index (χ2n) is 4.52. The van der Waals surface area contributed by atoms with Gasteiger partial charge in [-0.2, -0.15) is 5.10 Å². The fourth-order valence-corrected chi connectivity index (χ4v) is 2.46.